The van der Waals surface area contributed by atoms with Gasteiger partial charge in [0.05, 0.1) is 16.6 Å². The molecule has 3 aromatic rings. The van der Waals surface area contributed by atoms with Gasteiger partial charge in [-0.1, -0.05) is 48.9 Å². The quantitative estimate of drug-likeness (QED) is 0.307. The molecule has 3 unspecified atom stereocenters. The number of hydrogen-bond donors (Lipinski definition) is 3. The summed E-state index contributed by atoms with van der Waals surface area (Å²) < 4.78 is 20.3. The Labute approximate surface area is 209 Å². The van der Waals surface area contributed by atoms with E-state index in [2.05, 4.69) is 15.7 Å². The number of carbonyl (C=O) groups is 4. The highest BCUT2D eigenvalue weighted by Crippen LogP contribution is 2.25. The number of benzene rings is 2. The lowest BCUT2D eigenvalue weighted by atomic mass is 9.96. The second-order valence-corrected chi connectivity index (χ2v) is 8.68. The molecule has 1 aromatic heterocycles. The van der Waals surface area contributed by atoms with Gasteiger partial charge in [-0.25, -0.2) is 18.7 Å². The number of primary amides is 1. The fraction of sp³-hybridized carbons (Fsp3) is 0.292. The van der Waals surface area contributed by atoms with Gasteiger partial charge in [0.2, 0.25) is 5.91 Å². The van der Waals surface area contributed by atoms with E-state index in [9.17, 15) is 23.6 Å². The summed E-state index contributed by atoms with van der Waals surface area (Å²) in [7, 11) is 0. The zero-order valence-corrected chi connectivity index (χ0v) is 19.9. The molecule has 1 saturated heterocycles. The van der Waals surface area contributed by atoms with Gasteiger partial charge in [0.15, 0.2) is 11.7 Å². The SMILES string of the molecule is CCC(C(=O)OC(=O)C1CC(C(=O)NCc2cccc(Cl)c2F)N1)n1nc(C(N)=O)c2ccccc21. The third-order valence-electron chi connectivity index (χ3n) is 5.96. The molecule has 10 nitrogen and oxygen atoms in total. The van der Waals surface area contributed by atoms with Gasteiger partial charge in [-0.15, -0.1) is 0 Å². The van der Waals surface area contributed by atoms with Gasteiger partial charge in [-0.2, -0.15) is 5.10 Å². The molecule has 1 aliphatic rings. The fourth-order valence-electron chi connectivity index (χ4n) is 3.98. The van der Waals surface area contributed by atoms with E-state index in [1.165, 1.54) is 16.8 Å². The van der Waals surface area contributed by atoms with Crippen molar-refractivity contribution < 1.29 is 28.3 Å². The smallest absolute Gasteiger partial charge is 0.338 e. The number of rotatable bonds is 8. The lowest BCUT2D eigenvalue weighted by Crippen LogP contribution is -2.62. The number of carbonyl (C=O) groups excluding carboxylic acids is 4. The molecule has 0 bridgehead atoms. The lowest BCUT2D eigenvalue weighted by Gasteiger charge is -2.34. The first-order valence-corrected chi connectivity index (χ1v) is 11.6. The second kappa shape index (κ2) is 10.4. The number of nitrogens with two attached hydrogens (primary N) is 1. The number of fused-ring (bicyclic) bond motifs is 1. The lowest BCUT2D eigenvalue weighted by molar-refractivity contribution is -0.165. The number of amides is 2. The Morgan fingerprint density at radius 1 is 1.22 bits per heavy atom. The Balaban J connectivity index is 1.34. The molecule has 2 heterocycles. The third-order valence-corrected chi connectivity index (χ3v) is 6.25. The van der Waals surface area contributed by atoms with Crippen molar-refractivity contribution in [1.29, 1.82) is 0 Å². The van der Waals surface area contributed by atoms with Crippen LogP contribution in [0, 0.1) is 5.82 Å². The molecule has 1 aliphatic heterocycles. The van der Waals surface area contributed by atoms with Crippen molar-refractivity contribution >= 4 is 46.3 Å². The van der Waals surface area contributed by atoms with E-state index in [4.69, 9.17) is 22.1 Å². The molecule has 3 atom stereocenters. The molecule has 4 rings (SSSR count). The Morgan fingerprint density at radius 2 is 1.94 bits per heavy atom. The summed E-state index contributed by atoms with van der Waals surface area (Å²) in [5.74, 6) is -3.48. The van der Waals surface area contributed by atoms with E-state index >= 15 is 0 Å². The number of hydrogen-bond acceptors (Lipinski definition) is 7. The highest BCUT2D eigenvalue weighted by atomic mass is 35.5. The minimum absolute atomic E-state index is 0.00958. The number of halogens is 2. The van der Waals surface area contributed by atoms with Gasteiger partial charge in [0.25, 0.3) is 5.91 Å². The largest absolute Gasteiger partial charge is 0.390 e. The topological polar surface area (TPSA) is 145 Å². The van der Waals surface area contributed by atoms with Crippen LogP contribution in [-0.4, -0.2) is 45.6 Å². The van der Waals surface area contributed by atoms with Gasteiger partial charge in [-0.3, -0.25) is 14.9 Å². The molecular formula is C24H23ClFN5O5. The van der Waals surface area contributed by atoms with Crippen molar-refractivity contribution in [2.24, 2.45) is 5.73 Å². The highest BCUT2D eigenvalue weighted by molar-refractivity contribution is 6.30. The van der Waals surface area contributed by atoms with Crippen LogP contribution in [0.2, 0.25) is 5.02 Å². The van der Waals surface area contributed by atoms with E-state index in [0.29, 0.717) is 10.9 Å². The first-order valence-electron chi connectivity index (χ1n) is 11.2. The predicted molar refractivity (Wildman–Crippen MR) is 127 cm³/mol. The molecule has 0 aliphatic carbocycles. The maximum Gasteiger partial charge on any atom is 0.338 e. The van der Waals surface area contributed by atoms with E-state index in [-0.39, 0.29) is 35.7 Å². The van der Waals surface area contributed by atoms with Crippen molar-refractivity contribution in [2.75, 3.05) is 0 Å². The standard InChI is InChI=1S/C24H23ClFN5O5/c1-2-17(31-18-9-4-3-7-13(18)20(30-31)21(27)32)24(35)36-23(34)16-10-15(29-16)22(33)28-11-12-6-5-8-14(25)19(12)26/h3-9,15-17,29H,2,10-11H2,1H3,(H2,27,32)(H,28,33). The predicted octanol–water partition coefficient (Wildman–Crippen LogP) is 2.00. The van der Waals surface area contributed by atoms with E-state index in [0.717, 1.165) is 0 Å². The van der Waals surface area contributed by atoms with E-state index in [1.807, 2.05) is 0 Å². The summed E-state index contributed by atoms with van der Waals surface area (Å²) in [4.78, 5) is 49.4. The summed E-state index contributed by atoms with van der Waals surface area (Å²) in [6, 6.07) is 8.72. The molecule has 1 fully saturated rings. The molecule has 0 spiro atoms. The van der Waals surface area contributed by atoms with Crippen LogP contribution in [-0.2, 0) is 25.7 Å². The fourth-order valence-corrected chi connectivity index (χ4v) is 4.17. The van der Waals surface area contributed by atoms with Gasteiger partial charge in [0, 0.05) is 17.5 Å². The van der Waals surface area contributed by atoms with Crippen LogP contribution >= 0.6 is 11.6 Å². The van der Waals surface area contributed by atoms with Gasteiger partial charge >= 0.3 is 11.9 Å². The van der Waals surface area contributed by atoms with Crippen LogP contribution in [0.5, 0.6) is 0 Å². The van der Waals surface area contributed by atoms with Crippen molar-refractivity contribution in [3.8, 4) is 0 Å². The van der Waals surface area contributed by atoms with Crippen LogP contribution in [0.4, 0.5) is 4.39 Å². The second-order valence-electron chi connectivity index (χ2n) is 8.28. The Morgan fingerprint density at radius 3 is 2.64 bits per heavy atom. The Bertz CT molecular complexity index is 1350. The summed E-state index contributed by atoms with van der Waals surface area (Å²) in [6.07, 6.45) is 0.336. The van der Waals surface area contributed by atoms with E-state index < -0.39 is 47.7 Å². The highest BCUT2D eigenvalue weighted by Gasteiger charge is 2.40. The number of aromatic nitrogens is 2. The zero-order valence-electron chi connectivity index (χ0n) is 19.2. The molecular weight excluding hydrogens is 493 g/mol. The average molecular weight is 516 g/mol. The maximum absolute atomic E-state index is 14.0. The number of nitrogens with one attached hydrogen (secondary N) is 2. The number of ether oxygens (including phenoxy) is 1. The zero-order chi connectivity index (χ0) is 26.0. The molecule has 4 N–H and O–H groups in total. The summed E-state index contributed by atoms with van der Waals surface area (Å²) >= 11 is 5.74. The summed E-state index contributed by atoms with van der Waals surface area (Å²) in [5.41, 5.74) is 6.15. The molecule has 0 radical (unpaired) electrons. The van der Waals surface area contributed by atoms with Crippen LogP contribution < -0.4 is 16.4 Å². The monoisotopic (exact) mass is 515 g/mol. The molecule has 188 valence electrons. The van der Waals surface area contributed by atoms with E-state index in [1.54, 1.807) is 37.3 Å². The van der Waals surface area contributed by atoms with Crippen LogP contribution in [0.1, 0.15) is 41.9 Å². The number of esters is 2. The Kier molecular flexibility index (Phi) is 7.32. The van der Waals surface area contributed by atoms with Gasteiger partial charge in [-0.05, 0) is 25.0 Å². The number of nitrogens with zero attached hydrogens (tertiary/aromatic N) is 2. The minimum Gasteiger partial charge on any atom is -0.390 e. The average Bonchev–Trinajstić information content (AvgIpc) is 3.19. The molecule has 12 heteroatoms. The first kappa shape index (κ1) is 25.3. The van der Waals surface area contributed by atoms with Crippen LogP contribution in [0.15, 0.2) is 42.5 Å². The van der Waals surface area contributed by atoms with Gasteiger partial charge < -0.3 is 15.8 Å². The van der Waals surface area contributed by atoms with Crippen molar-refractivity contribution in [2.45, 2.75) is 44.4 Å². The third kappa shape index (κ3) is 4.93. The summed E-state index contributed by atoms with van der Waals surface area (Å²) in [5, 5.41) is 9.95. The molecule has 2 aromatic carbocycles. The maximum atomic E-state index is 14.0. The molecule has 0 saturated carbocycles. The van der Waals surface area contributed by atoms with Crippen LogP contribution in [0.3, 0.4) is 0 Å². The van der Waals surface area contributed by atoms with Crippen molar-refractivity contribution in [3.05, 3.63) is 64.6 Å². The first-order chi connectivity index (χ1) is 17.2. The molecule has 36 heavy (non-hydrogen) atoms. The molecule has 2 amide bonds. The summed E-state index contributed by atoms with van der Waals surface area (Å²) in [6.45, 7) is 1.64. The number of para-hydroxylation sites is 1. The van der Waals surface area contributed by atoms with Crippen molar-refractivity contribution in [3.63, 3.8) is 0 Å². The van der Waals surface area contributed by atoms with Gasteiger partial charge in [0.1, 0.15) is 11.9 Å². The normalized spacial score (nSPS) is 17.8. The minimum atomic E-state index is -0.973. The van der Waals surface area contributed by atoms with Crippen molar-refractivity contribution in [1.82, 2.24) is 20.4 Å². The Hall–Kier alpha value is -3.83. The van der Waals surface area contributed by atoms with Crippen LogP contribution in [0.25, 0.3) is 10.9 Å².